The molecular weight excluding hydrogens is 281 g/mol. The molecule has 0 aliphatic heterocycles. The van der Waals surface area contributed by atoms with Gasteiger partial charge in [0, 0.05) is 5.56 Å². The van der Waals surface area contributed by atoms with Gasteiger partial charge < -0.3 is 19.2 Å². The molecule has 0 saturated carbocycles. The molecule has 1 aromatic carbocycles. The van der Waals surface area contributed by atoms with Crippen molar-refractivity contribution < 1.29 is 23.2 Å². The van der Waals surface area contributed by atoms with Crippen LogP contribution in [0.5, 0.6) is 0 Å². The summed E-state index contributed by atoms with van der Waals surface area (Å²) in [6.07, 6.45) is 0.368. The van der Waals surface area contributed by atoms with Gasteiger partial charge in [0.05, 0.1) is 13.2 Å². The Bertz CT molecular complexity index is 481. The molecule has 20 heavy (non-hydrogen) atoms. The van der Waals surface area contributed by atoms with E-state index in [1.54, 1.807) is 44.2 Å². The van der Waals surface area contributed by atoms with Gasteiger partial charge in [-0.05, 0) is 26.0 Å². The highest BCUT2D eigenvalue weighted by atomic mass is 31.2. The van der Waals surface area contributed by atoms with E-state index in [1.165, 1.54) is 0 Å². The molecule has 1 N–H and O–H groups in total. The van der Waals surface area contributed by atoms with Crippen molar-refractivity contribution in [3.05, 3.63) is 35.9 Å². The molecule has 6 nitrogen and oxygen atoms in total. The predicted octanol–water partition coefficient (Wildman–Crippen LogP) is 2.21. The number of hydrogen-bond acceptors (Lipinski definition) is 5. The van der Waals surface area contributed by atoms with E-state index in [-0.39, 0.29) is 13.2 Å². The maximum atomic E-state index is 12.4. The zero-order valence-electron chi connectivity index (χ0n) is 11.4. The third-order valence-corrected chi connectivity index (χ3v) is 4.57. The predicted molar refractivity (Wildman–Crippen MR) is 74.6 cm³/mol. The molecule has 0 aliphatic rings. The molecule has 0 aromatic heterocycles. The Hall–Kier alpha value is -1.49. The molecule has 1 unspecified atom stereocenters. The Balaban J connectivity index is 2.87. The Morgan fingerprint density at radius 1 is 1.25 bits per heavy atom. The first kappa shape index (κ1) is 16.6. The molecule has 0 spiro atoms. The Morgan fingerprint density at radius 3 is 2.25 bits per heavy atom. The minimum absolute atomic E-state index is 0.114. The SMILES string of the molecule is CCOP(=O)(OCC)C(C=O)NC(=O)c1ccccc1. The van der Waals surface area contributed by atoms with Crippen LogP contribution >= 0.6 is 7.60 Å². The molecule has 0 heterocycles. The zero-order chi connectivity index (χ0) is 15.0. The molecule has 0 radical (unpaired) electrons. The van der Waals surface area contributed by atoms with E-state index in [9.17, 15) is 14.2 Å². The van der Waals surface area contributed by atoms with E-state index in [0.717, 1.165) is 0 Å². The fourth-order valence-corrected chi connectivity index (χ4v) is 3.09. The van der Waals surface area contributed by atoms with Crippen molar-refractivity contribution in [3.8, 4) is 0 Å². The van der Waals surface area contributed by atoms with Crippen LogP contribution < -0.4 is 5.32 Å². The summed E-state index contributed by atoms with van der Waals surface area (Å²) < 4.78 is 22.5. The summed E-state index contributed by atoms with van der Waals surface area (Å²) in [5.74, 6) is -1.84. The first-order chi connectivity index (χ1) is 9.57. The van der Waals surface area contributed by atoms with Crippen LogP contribution in [0.1, 0.15) is 24.2 Å². The fraction of sp³-hybridized carbons (Fsp3) is 0.385. The van der Waals surface area contributed by atoms with Gasteiger partial charge in [-0.25, -0.2) is 0 Å². The molecule has 110 valence electrons. The first-order valence-corrected chi connectivity index (χ1v) is 7.88. The highest BCUT2D eigenvalue weighted by Gasteiger charge is 2.36. The van der Waals surface area contributed by atoms with E-state index < -0.39 is 19.3 Å². The lowest BCUT2D eigenvalue weighted by molar-refractivity contribution is -0.108. The highest BCUT2D eigenvalue weighted by Crippen LogP contribution is 2.51. The second-order valence-electron chi connectivity index (χ2n) is 3.80. The molecule has 7 heteroatoms. The van der Waals surface area contributed by atoms with Gasteiger partial charge in [0.25, 0.3) is 5.91 Å². The standard InChI is InChI=1S/C13H18NO5P/c1-3-18-20(17,19-4-2)12(10-15)14-13(16)11-8-6-5-7-9-11/h5-10,12H,3-4H2,1-2H3,(H,14,16). The van der Waals surface area contributed by atoms with Crippen molar-refractivity contribution in [2.75, 3.05) is 13.2 Å². The van der Waals surface area contributed by atoms with Gasteiger partial charge in [0.15, 0.2) is 12.1 Å². The van der Waals surface area contributed by atoms with Gasteiger partial charge in [-0.3, -0.25) is 9.36 Å². The molecular formula is C13H18NO5P. The van der Waals surface area contributed by atoms with E-state index in [2.05, 4.69) is 5.32 Å². The van der Waals surface area contributed by atoms with Crippen LogP contribution in [-0.2, 0) is 18.4 Å². The average molecular weight is 299 g/mol. The minimum atomic E-state index is -3.70. The maximum Gasteiger partial charge on any atom is 0.360 e. The molecule has 1 rings (SSSR count). The zero-order valence-corrected chi connectivity index (χ0v) is 12.3. The molecule has 1 amide bonds. The Kier molecular flexibility index (Phi) is 6.58. The number of nitrogens with one attached hydrogen (secondary N) is 1. The summed E-state index contributed by atoms with van der Waals surface area (Å²) in [7, 11) is -3.70. The molecule has 0 saturated heterocycles. The number of carbonyl (C=O) groups is 2. The van der Waals surface area contributed by atoms with Crippen LogP contribution in [0.2, 0.25) is 0 Å². The maximum absolute atomic E-state index is 12.4. The number of hydrogen-bond donors (Lipinski definition) is 1. The van der Waals surface area contributed by atoms with Crippen molar-refractivity contribution >= 4 is 19.8 Å². The number of rotatable bonds is 8. The Morgan fingerprint density at radius 2 is 1.80 bits per heavy atom. The van der Waals surface area contributed by atoms with Crippen molar-refractivity contribution in [1.82, 2.24) is 5.32 Å². The summed E-state index contributed by atoms with van der Waals surface area (Å²) in [6.45, 7) is 3.49. The molecule has 1 atom stereocenters. The number of carbonyl (C=O) groups excluding carboxylic acids is 2. The molecule has 1 aromatic rings. The van der Waals surface area contributed by atoms with Gasteiger partial charge in [-0.2, -0.15) is 0 Å². The van der Waals surface area contributed by atoms with Crippen LogP contribution in [0, 0.1) is 0 Å². The number of amides is 1. The molecule has 0 fully saturated rings. The van der Waals surface area contributed by atoms with Crippen molar-refractivity contribution in [3.63, 3.8) is 0 Å². The lowest BCUT2D eigenvalue weighted by Gasteiger charge is -2.23. The highest BCUT2D eigenvalue weighted by molar-refractivity contribution is 7.55. The van der Waals surface area contributed by atoms with Crippen LogP contribution in [0.25, 0.3) is 0 Å². The lowest BCUT2D eigenvalue weighted by atomic mass is 10.2. The second-order valence-corrected chi connectivity index (χ2v) is 5.95. The number of aldehydes is 1. The molecule has 0 bridgehead atoms. The first-order valence-electron chi connectivity index (χ1n) is 6.27. The van der Waals surface area contributed by atoms with Gasteiger partial charge >= 0.3 is 7.60 Å². The topological polar surface area (TPSA) is 81.7 Å². The lowest BCUT2D eigenvalue weighted by Crippen LogP contribution is -2.37. The van der Waals surface area contributed by atoms with Crippen LogP contribution in [-0.4, -0.2) is 31.2 Å². The third-order valence-electron chi connectivity index (χ3n) is 2.40. The van der Waals surface area contributed by atoms with Crippen molar-refractivity contribution in [2.24, 2.45) is 0 Å². The summed E-state index contributed by atoms with van der Waals surface area (Å²) in [5.41, 5.74) is 0.360. The van der Waals surface area contributed by atoms with Gasteiger partial charge in [-0.15, -0.1) is 0 Å². The van der Waals surface area contributed by atoms with Crippen LogP contribution in [0.3, 0.4) is 0 Å². The normalized spacial score (nSPS) is 12.7. The third kappa shape index (κ3) is 4.27. The summed E-state index contributed by atoms with van der Waals surface area (Å²) >= 11 is 0. The van der Waals surface area contributed by atoms with Crippen LogP contribution in [0.15, 0.2) is 30.3 Å². The van der Waals surface area contributed by atoms with E-state index in [0.29, 0.717) is 11.8 Å². The van der Waals surface area contributed by atoms with Gasteiger partial charge in [0.1, 0.15) is 0 Å². The fourth-order valence-electron chi connectivity index (χ4n) is 1.55. The smallest absolute Gasteiger partial charge is 0.332 e. The van der Waals surface area contributed by atoms with Crippen LogP contribution in [0.4, 0.5) is 0 Å². The van der Waals surface area contributed by atoms with Gasteiger partial charge in [0.2, 0.25) is 0 Å². The largest absolute Gasteiger partial charge is 0.360 e. The minimum Gasteiger partial charge on any atom is -0.332 e. The molecule has 0 aliphatic carbocycles. The van der Waals surface area contributed by atoms with Gasteiger partial charge in [-0.1, -0.05) is 18.2 Å². The van der Waals surface area contributed by atoms with Crippen molar-refractivity contribution in [1.29, 1.82) is 0 Å². The summed E-state index contributed by atoms with van der Waals surface area (Å²) in [6, 6.07) is 8.32. The quantitative estimate of drug-likeness (QED) is 0.588. The van der Waals surface area contributed by atoms with E-state index in [4.69, 9.17) is 9.05 Å². The Labute approximate surface area is 118 Å². The number of benzene rings is 1. The monoisotopic (exact) mass is 299 g/mol. The van der Waals surface area contributed by atoms with E-state index >= 15 is 0 Å². The second kappa shape index (κ2) is 7.94. The summed E-state index contributed by atoms with van der Waals surface area (Å²) in [4.78, 5) is 23.1. The summed E-state index contributed by atoms with van der Waals surface area (Å²) in [5, 5.41) is 2.37. The van der Waals surface area contributed by atoms with Crippen molar-refractivity contribution in [2.45, 2.75) is 19.6 Å². The average Bonchev–Trinajstić information content (AvgIpc) is 2.45. The van der Waals surface area contributed by atoms with E-state index in [1.807, 2.05) is 0 Å².